The molecule has 1 unspecified atom stereocenters. The van der Waals surface area contributed by atoms with Gasteiger partial charge in [-0.1, -0.05) is 43.6 Å². The smallest absolute Gasteiger partial charge is 0.263 e. The molecule has 3 rings (SSSR count). The fraction of sp³-hybridized carbons (Fsp3) is 0.364. The number of nitrogens with zero attached hydrogens (tertiary/aromatic N) is 1. The number of hydrogen-bond acceptors (Lipinski definition) is 4. The fourth-order valence-electron chi connectivity index (χ4n) is 3.32. The van der Waals surface area contributed by atoms with Crippen LogP contribution in [0.1, 0.15) is 26.7 Å². The molecule has 2 aromatic rings. The minimum atomic E-state index is -0.676. The highest BCUT2D eigenvalue weighted by atomic mass is 35.5. The summed E-state index contributed by atoms with van der Waals surface area (Å²) in [7, 11) is 0. The number of para-hydroxylation sites is 2. The van der Waals surface area contributed by atoms with Crippen molar-refractivity contribution in [3.63, 3.8) is 0 Å². The van der Waals surface area contributed by atoms with Crippen molar-refractivity contribution < 1.29 is 14.3 Å². The highest BCUT2D eigenvalue weighted by Crippen LogP contribution is 2.33. The van der Waals surface area contributed by atoms with Gasteiger partial charge in [0.1, 0.15) is 5.75 Å². The van der Waals surface area contributed by atoms with Crippen LogP contribution in [0.5, 0.6) is 5.75 Å². The number of carbonyl (C=O) groups is 2. The molecule has 7 heteroatoms. The molecule has 0 aliphatic carbocycles. The minimum absolute atomic E-state index is 0.0989. The first-order chi connectivity index (χ1) is 14.0. The van der Waals surface area contributed by atoms with Crippen LogP contribution in [0.25, 0.3) is 0 Å². The van der Waals surface area contributed by atoms with Crippen LogP contribution in [0.15, 0.2) is 48.5 Å². The Morgan fingerprint density at radius 3 is 2.66 bits per heavy atom. The standard InChI is InChI=1S/C22H26ClN3O3/c1-3-16(4-2)25-22(28)20-13-26(18-10-5-6-11-19(18)29-20)14-21(27)24-17-9-7-8-15(23)12-17/h5-12,16,20H,3-4,13-14H2,1-2H3,(H,24,27)(H,25,28). The molecule has 1 heterocycles. The number of ether oxygens (including phenoxy) is 1. The van der Waals surface area contributed by atoms with E-state index in [-0.39, 0.29) is 24.4 Å². The summed E-state index contributed by atoms with van der Waals surface area (Å²) in [6, 6.07) is 14.5. The van der Waals surface area contributed by atoms with E-state index in [4.69, 9.17) is 16.3 Å². The van der Waals surface area contributed by atoms with Crippen LogP contribution >= 0.6 is 11.6 Å². The normalized spacial score (nSPS) is 15.4. The van der Waals surface area contributed by atoms with Crippen LogP contribution in [0, 0.1) is 0 Å². The van der Waals surface area contributed by atoms with Crippen molar-refractivity contribution in [1.82, 2.24) is 5.32 Å². The van der Waals surface area contributed by atoms with Crippen molar-refractivity contribution in [2.75, 3.05) is 23.3 Å². The molecule has 2 N–H and O–H groups in total. The summed E-state index contributed by atoms with van der Waals surface area (Å²) in [5, 5.41) is 6.43. The SMILES string of the molecule is CCC(CC)NC(=O)C1CN(CC(=O)Nc2cccc(Cl)c2)c2ccccc2O1. The maximum absolute atomic E-state index is 12.7. The van der Waals surface area contributed by atoms with Crippen molar-refractivity contribution in [2.24, 2.45) is 0 Å². The van der Waals surface area contributed by atoms with Crippen LogP contribution in [-0.2, 0) is 9.59 Å². The average Bonchev–Trinajstić information content (AvgIpc) is 2.71. The molecule has 0 radical (unpaired) electrons. The number of hydrogen-bond donors (Lipinski definition) is 2. The number of amides is 2. The third kappa shape index (κ3) is 5.41. The molecule has 2 aromatic carbocycles. The Morgan fingerprint density at radius 1 is 1.17 bits per heavy atom. The Bertz CT molecular complexity index is 870. The molecule has 0 bridgehead atoms. The molecule has 0 spiro atoms. The van der Waals surface area contributed by atoms with Gasteiger partial charge in [-0.25, -0.2) is 0 Å². The average molecular weight is 416 g/mol. The van der Waals surface area contributed by atoms with Gasteiger partial charge < -0.3 is 20.3 Å². The quantitative estimate of drug-likeness (QED) is 0.720. The summed E-state index contributed by atoms with van der Waals surface area (Å²) >= 11 is 5.98. The van der Waals surface area contributed by atoms with Crippen molar-refractivity contribution in [3.8, 4) is 5.75 Å². The molecule has 2 amide bonds. The molecule has 154 valence electrons. The van der Waals surface area contributed by atoms with E-state index in [0.717, 1.165) is 18.5 Å². The van der Waals surface area contributed by atoms with E-state index in [1.807, 2.05) is 43.0 Å². The van der Waals surface area contributed by atoms with Gasteiger partial charge in [-0.05, 0) is 43.2 Å². The van der Waals surface area contributed by atoms with Gasteiger partial charge in [-0.2, -0.15) is 0 Å². The number of benzene rings is 2. The van der Waals surface area contributed by atoms with E-state index in [2.05, 4.69) is 10.6 Å². The van der Waals surface area contributed by atoms with Gasteiger partial charge in [-0.15, -0.1) is 0 Å². The second kappa shape index (κ2) is 9.65. The van der Waals surface area contributed by atoms with E-state index >= 15 is 0 Å². The monoisotopic (exact) mass is 415 g/mol. The van der Waals surface area contributed by atoms with Crippen molar-refractivity contribution in [3.05, 3.63) is 53.6 Å². The summed E-state index contributed by atoms with van der Waals surface area (Å²) in [6.45, 7) is 4.48. The minimum Gasteiger partial charge on any atom is -0.477 e. The maximum atomic E-state index is 12.7. The molecule has 1 aliphatic heterocycles. The topological polar surface area (TPSA) is 70.7 Å². The summed E-state index contributed by atoms with van der Waals surface area (Å²) in [4.78, 5) is 27.2. The number of anilines is 2. The Hall–Kier alpha value is -2.73. The second-order valence-corrected chi connectivity index (χ2v) is 7.47. The van der Waals surface area contributed by atoms with Gasteiger partial charge in [0.15, 0.2) is 6.10 Å². The third-order valence-corrected chi connectivity index (χ3v) is 5.16. The molecule has 6 nitrogen and oxygen atoms in total. The van der Waals surface area contributed by atoms with Gasteiger partial charge in [0.25, 0.3) is 5.91 Å². The van der Waals surface area contributed by atoms with Crippen LogP contribution < -0.4 is 20.3 Å². The molecule has 1 atom stereocenters. The number of rotatable bonds is 7. The molecule has 29 heavy (non-hydrogen) atoms. The van der Waals surface area contributed by atoms with Gasteiger partial charge in [0.05, 0.1) is 18.8 Å². The van der Waals surface area contributed by atoms with E-state index in [1.165, 1.54) is 0 Å². The molecule has 0 aromatic heterocycles. The summed E-state index contributed by atoms with van der Waals surface area (Å²) in [6.07, 6.45) is 1.04. The Labute approximate surface area is 176 Å². The van der Waals surface area contributed by atoms with E-state index in [0.29, 0.717) is 23.0 Å². The first-order valence-corrected chi connectivity index (χ1v) is 10.2. The van der Waals surface area contributed by atoms with Crippen LogP contribution in [0.2, 0.25) is 5.02 Å². The summed E-state index contributed by atoms with van der Waals surface area (Å²) < 4.78 is 5.93. The van der Waals surface area contributed by atoms with E-state index < -0.39 is 6.10 Å². The lowest BCUT2D eigenvalue weighted by molar-refractivity contribution is -0.129. The molecule has 0 fully saturated rings. The van der Waals surface area contributed by atoms with Crippen LogP contribution in [0.3, 0.4) is 0 Å². The van der Waals surface area contributed by atoms with Gasteiger partial charge in [0, 0.05) is 16.8 Å². The van der Waals surface area contributed by atoms with E-state index in [1.54, 1.807) is 24.3 Å². The number of carbonyl (C=O) groups excluding carboxylic acids is 2. The zero-order valence-corrected chi connectivity index (χ0v) is 17.4. The Kier molecular flexibility index (Phi) is 6.99. The molecular formula is C22H26ClN3O3. The maximum Gasteiger partial charge on any atom is 0.263 e. The number of halogens is 1. The third-order valence-electron chi connectivity index (χ3n) is 4.93. The lowest BCUT2D eigenvalue weighted by Crippen LogP contribution is -2.52. The molecular weight excluding hydrogens is 390 g/mol. The number of fused-ring (bicyclic) bond motifs is 1. The van der Waals surface area contributed by atoms with E-state index in [9.17, 15) is 9.59 Å². The highest BCUT2D eigenvalue weighted by molar-refractivity contribution is 6.30. The highest BCUT2D eigenvalue weighted by Gasteiger charge is 2.32. The van der Waals surface area contributed by atoms with Gasteiger partial charge >= 0.3 is 0 Å². The molecule has 1 aliphatic rings. The summed E-state index contributed by atoms with van der Waals surface area (Å²) in [5.41, 5.74) is 1.42. The van der Waals surface area contributed by atoms with Crippen molar-refractivity contribution in [1.29, 1.82) is 0 Å². The van der Waals surface area contributed by atoms with Gasteiger partial charge in [-0.3, -0.25) is 9.59 Å². The predicted molar refractivity (Wildman–Crippen MR) is 116 cm³/mol. The largest absolute Gasteiger partial charge is 0.477 e. The van der Waals surface area contributed by atoms with Crippen LogP contribution in [0.4, 0.5) is 11.4 Å². The molecule has 0 saturated carbocycles. The van der Waals surface area contributed by atoms with Crippen LogP contribution in [-0.4, -0.2) is 37.0 Å². The second-order valence-electron chi connectivity index (χ2n) is 7.04. The first kappa shape index (κ1) is 21.0. The van der Waals surface area contributed by atoms with Crippen molar-refractivity contribution in [2.45, 2.75) is 38.8 Å². The van der Waals surface area contributed by atoms with Gasteiger partial charge in [0.2, 0.25) is 5.91 Å². The molecule has 0 saturated heterocycles. The Balaban J connectivity index is 1.72. The number of nitrogens with one attached hydrogen (secondary N) is 2. The zero-order chi connectivity index (χ0) is 20.8. The van der Waals surface area contributed by atoms with Crippen molar-refractivity contribution >= 4 is 34.8 Å². The lowest BCUT2D eigenvalue weighted by Gasteiger charge is -2.35. The fourth-order valence-corrected chi connectivity index (χ4v) is 3.51. The lowest BCUT2D eigenvalue weighted by atomic mass is 10.1. The Morgan fingerprint density at radius 2 is 1.93 bits per heavy atom. The summed E-state index contributed by atoms with van der Waals surface area (Å²) in [5.74, 6) is 0.246. The first-order valence-electron chi connectivity index (χ1n) is 9.86. The zero-order valence-electron chi connectivity index (χ0n) is 16.7. The predicted octanol–water partition coefficient (Wildman–Crippen LogP) is 3.85.